The second-order valence-corrected chi connectivity index (χ2v) is 5.76. The van der Waals surface area contributed by atoms with E-state index in [0.717, 1.165) is 0 Å². The van der Waals surface area contributed by atoms with Crippen LogP contribution in [0, 0.1) is 5.82 Å². The van der Waals surface area contributed by atoms with Gasteiger partial charge in [-0.25, -0.2) is 14.4 Å². The summed E-state index contributed by atoms with van der Waals surface area (Å²) in [6.45, 7) is 0. The van der Waals surface area contributed by atoms with Gasteiger partial charge in [0.05, 0.1) is 28.1 Å². The quantitative estimate of drug-likeness (QED) is 0.678. The average molecular weight is 377 g/mol. The molecular formula is C17H11Cl2FN4O. The molecule has 8 heteroatoms. The highest BCUT2D eigenvalue weighted by atomic mass is 35.5. The first-order valence-electron chi connectivity index (χ1n) is 7.13. The lowest BCUT2D eigenvalue weighted by Gasteiger charge is -2.09. The molecule has 2 aromatic carbocycles. The van der Waals surface area contributed by atoms with Gasteiger partial charge in [-0.2, -0.15) is 0 Å². The summed E-state index contributed by atoms with van der Waals surface area (Å²) in [5, 5.41) is 6.35. The van der Waals surface area contributed by atoms with E-state index in [2.05, 4.69) is 20.6 Å². The van der Waals surface area contributed by atoms with Crippen LogP contribution >= 0.6 is 23.2 Å². The van der Waals surface area contributed by atoms with Crippen LogP contribution in [-0.2, 0) is 0 Å². The molecule has 1 heterocycles. The fourth-order valence-corrected chi connectivity index (χ4v) is 2.32. The van der Waals surface area contributed by atoms with Crippen LogP contribution in [0.15, 0.2) is 54.9 Å². The van der Waals surface area contributed by atoms with E-state index in [9.17, 15) is 9.18 Å². The standard InChI is InChI=1S/C17H11Cl2FN4O/c18-12-2-1-3-13(16(12)19)24-15-9-21-14(8-22-15)17(25)23-11-6-4-10(20)5-7-11/h1-9H,(H,22,24)(H,23,25). The number of aromatic nitrogens is 2. The summed E-state index contributed by atoms with van der Waals surface area (Å²) in [4.78, 5) is 20.3. The lowest BCUT2D eigenvalue weighted by Crippen LogP contribution is -2.14. The van der Waals surface area contributed by atoms with Gasteiger partial charge in [0.2, 0.25) is 0 Å². The number of benzene rings is 2. The van der Waals surface area contributed by atoms with E-state index in [1.807, 2.05) is 0 Å². The number of amides is 1. The normalized spacial score (nSPS) is 10.4. The van der Waals surface area contributed by atoms with E-state index < -0.39 is 5.91 Å². The van der Waals surface area contributed by atoms with E-state index in [1.54, 1.807) is 18.2 Å². The first kappa shape index (κ1) is 17.1. The van der Waals surface area contributed by atoms with Crippen LogP contribution in [0.2, 0.25) is 10.0 Å². The van der Waals surface area contributed by atoms with Crippen LogP contribution in [0.25, 0.3) is 0 Å². The summed E-state index contributed by atoms with van der Waals surface area (Å²) in [6.07, 6.45) is 2.72. The molecular weight excluding hydrogens is 366 g/mol. The molecule has 0 aliphatic carbocycles. The molecule has 0 atom stereocenters. The molecule has 1 aromatic heterocycles. The largest absolute Gasteiger partial charge is 0.338 e. The maximum atomic E-state index is 12.9. The smallest absolute Gasteiger partial charge is 0.275 e. The Kier molecular flexibility index (Phi) is 5.11. The molecule has 126 valence electrons. The van der Waals surface area contributed by atoms with Crippen molar-refractivity contribution in [3.05, 3.63) is 76.4 Å². The topological polar surface area (TPSA) is 66.9 Å². The van der Waals surface area contributed by atoms with Crippen molar-refractivity contribution in [3.8, 4) is 0 Å². The lowest BCUT2D eigenvalue weighted by molar-refractivity contribution is 0.102. The number of hydrogen-bond donors (Lipinski definition) is 2. The van der Waals surface area contributed by atoms with Gasteiger partial charge in [0.15, 0.2) is 0 Å². The molecule has 0 radical (unpaired) electrons. The van der Waals surface area contributed by atoms with Crippen LogP contribution in [-0.4, -0.2) is 15.9 Å². The summed E-state index contributed by atoms with van der Waals surface area (Å²) >= 11 is 12.0. The van der Waals surface area contributed by atoms with Crippen molar-refractivity contribution in [2.75, 3.05) is 10.6 Å². The Hall–Kier alpha value is -2.70. The van der Waals surface area contributed by atoms with E-state index in [0.29, 0.717) is 27.2 Å². The lowest BCUT2D eigenvalue weighted by atomic mass is 10.3. The number of nitrogens with zero attached hydrogens (tertiary/aromatic N) is 2. The number of rotatable bonds is 4. The first-order valence-corrected chi connectivity index (χ1v) is 7.88. The van der Waals surface area contributed by atoms with Gasteiger partial charge in [-0.05, 0) is 36.4 Å². The van der Waals surface area contributed by atoms with Gasteiger partial charge in [0.1, 0.15) is 17.3 Å². The Balaban J connectivity index is 1.70. The van der Waals surface area contributed by atoms with Gasteiger partial charge >= 0.3 is 0 Å². The minimum Gasteiger partial charge on any atom is -0.338 e. The molecule has 3 aromatic rings. The second kappa shape index (κ2) is 7.46. The minimum atomic E-state index is -0.452. The monoisotopic (exact) mass is 376 g/mol. The van der Waals surface area contributed by atoms with Crippen molar-refractivity contribution in [1.82, 2.24) is 9.97 Å². The maximum absolute atomic E-state index is 12.9. The minimum absolute atomic E-state index is 0.118. The van der Waals surface area contributed by atoms with Crippen LogP contribution in [0.3, 0.4) is 0 Å². The van der Waals surface area contributed by atoms with Crippen molar-refractivity contribution in [2.24, 2.45) is 0 Å². The number of nitrogens with one attached hydrogen (secondary N) is 2. The molecule has 0 bridgehead atoms. The Labute approximate surface area is 152 Å². The SMILES string of the molecule is O=C(Nc1ccc(F)cc1)c1cnc(Nc2cccc(Cl)c2Cl)cn1. The zero-order valence-corrected chi connectivity index (χ0v) is 14.1. The van der Waals surface area contributed by atoms with E-state index >= 15 is 0 Å². The summed E-state index contributed by atoms with van der Waals surface area (Å²) in [6, 6.07) is 10.6. The van der Waals surface area contributed by atoms with E-state index in [1.165, 1.54) is 36.7 Å². The predicted octanol–water partition coefficient (Wildman–Crippen LogP) is 4.92. The molecule has 0 fully saturated rings. The summed E-state index contributed by atoms with van der Waals surface area (Å²) in [5.74, 6) is -0.429. The molecule has 0 aliphatic heterocycles. The molecule has 0 spiro atoms. The maximum Gasteiger partial charge on any atom is 0.275 e. The third kappa shape index (κ3) is 4.23. The summed E-state index contributed by atoms with van der Waals surface area (Å²) in [5.41, 5.74) is 1.15. The number of carbonyl (C=O) groups is 1. The zero-order chi connectivity index (χ0) is 17.8. The third-order valence-electron chi connectivity index (χ3n) is 3.20. The third-order valence-corrected chi connectivity index (χ3v) is 4.02. The highest BCUT2D eigenvalue weighted by molar-refractivity contribution is 6.43. The first-order chi connectivity index (χ1) is 12.0. The molecule has 0 saturated heterocycles. The molecule has 0 aliphatic rings. The van der Waals surface area contributed by atoms with Crippen molar-refractivity contribution >= 4 is 46.3 Å². The highest BCUT2D eigenvalue weighted by Crippen LogP contribution is 2.31. The van der Waals surface area contributed by atoms with Gasteiger partial charge in [-0.1, -0.05) is 29.3 Å². The van der Waals surface area contributed by atoms with Crippen molar-refractivity contribution in [1.29, 1.82) is 0 Å². The number of anilines is 3. The van der Waals surface area contributed by atoms with Crippen molar-refractivity contribution in [2.45, 2.75) is 0 Å². The van der Waals surface area contributed by atoms with Crippen LogP contribution in [0.4, 0.5) is 21.6 Å². The van der Waals surface area contributed by atoms with Gasteiger partial charge in [-0.3, -0.25) is 4.79 Å². The Morgan fingerprint density at radius 1 is 1.00 bits per heavy atom. The molecule has 0 saturated carbocycles. The molecule has 5 nitrogen and oxygen atoms in total. The molecule has 0 unspecified atom stereocenters. The molecule has 25 heavy (non-hydrogen) atoms. The van der Waals surface area contributed by atoms with Crippen molar-refractivity contribution in [3.63, 3.8) is 0 Å². The number of carbonyl (C=O) groups excluding carboxylic acids is 1. The van der Waals surface area contributed by atoms with Gasteiger partial charge in [0.25, 0.3) is 5.91 Å². The predicted molar refractivity (Wildman–Crippen MR) is 96.1 cm³/mol. The van der Waals surface area contributed by atoms with E-state index in [-0.39, 0.29) is 11.5 Å². The Bertz CT molecular complexity index is 902. The molecule has 2 N–H and O–H groups in total. The van der Waals surface area contributed by atoms with Gasteiger partial charge in [-0.15, -0.1) is 0 Å². The Morgan fingerprint density at radius 2 is 1.76 bits per heavy atom. The molecule has 1 amide bonds. The average Bonchev–Trinajstić information content (AvgIpc) is 2.61. The number of hydrogen-bond acceptors (Lipinski definition) is 4. The van der Waals surface area contributed by atoms with E-state index in [4.69, 9.17) is 23.2 Å². The molecule has 3 rings (SSSR count). The second-order valence-electron chi connectivity index (χ2n) is 4.97. The fourth-order valence-electron chi connectivity index (χ4n) is 1.98. The highest BCUT2D eigenvalue weighted by Gasteiger charge is 2.10. The number of halogens is 3. The van der Waals surface area contributed by atoms with Gasteiger partial charge in [0, 0.05) is 5.69 Å². The summed E-state index contributed by atoms with van der Waals surface area (Å²) < 4.78 is 12.9. The van der Waals surface area contributed by atoms with Crippen LogP contribution in [0.1, 0.15) is 10.5 Å². The fraction of sp³-hybridized carbons (Fsp3) is 0. The van der Waals surface area contributed by atoms with Gasteiger partial charge < -0.3 is 10.6 Å². The van der Waals surface area contributed by atoms with Crippen LogP contribution in [0.5, 0.6) is 0 Å². The Morgan fingerprint density at radius 3 is 2.44 bits per heavy atom. The van der Waals surface area contributed by atoms with Crippen LogP contribution < -0.4 is 10.6 Å². The zero-order valence-electron chi connectivity index (χ0n) is 12.6. The van der Waals surface area contributed by atoms with Crippen molar-refractivity contribution < 1.29 is 9.18 Å². The summed E-state index contributed by atoms with van der Waals surface area (Å²) in [7, 11) is 0.